The Morgan fingerprint density at radius 1 is 1.28 bits per heavy atom. The molecule has 0 radical (unpaired) electrons. The molecule has 9 heteroatoms. The Hall–Kier alpha value is -2.71. The fourth-order valence-corrected chi connectivity index (χ4v) is 2.66. The number of hydrogen-bond acceptors (Lipinski definition) is 2. The zero-order valence-electron chi connectivity index (χ0n) is 13.8. The van der Waals surface area contributed by atoms with Crippen LogP contribution in [0.3, 0.4) is 0 Å². The van der Waals surface area contributed by atoms with Gasteiger partial charge in [-0.3, -0.25) is 4.79 Å². The van der Waals surface area contributed by atoms with Gasteiger partial charge in [0.1, 0.15) is 0 Å². The highest BCUT2D eigenvalue weighted by Crippen LogP contribution is 2.37. The van der Waals surface area contributed by atoms with Gasteiger partial charge in [0.05, 0.1) is 12.0 Å². The van der Waals surface area contributed by atoms with Crippen molar-refractivity contribution in [2.24, 2.45) is 22.4 Å². The van der Waals surface area contributed by atoms with Crippen LogP contribution in [0.1, 0.15) is 25.1 Å². The molecule has 1 heterocycles. The summed E-state index contributed by atoms with van der Waals surface area (Å²) in [6.07, 6.45) is -4.78. The fraction of sp³-hybridized carbons (Fsp3) is 0.375. The molecular weight excluding hydrogens is 337 g/mol. The van der Waals surface area contributed by atoms with Gasteiger partial charge in [-0.2, -0.15) is 18.2 Å². The van der Waals surface area contributed by atoms with E-state index in [1.807, 2.05) is 13.8 Å². The highest BCUT2D eigenvalue weighted by atomic mass is 19.4. The number of alkyl halides is 3. The number of halogens is 3. The van der Waals surface area contributed by atoms with Gasteiger partial charge in [-0.05, 0) is 18.1 Å². The maximum atomic E-state index is 12.9. The number of benzene rings is 1. The van der Waals surface area contributed by atoms with Crippen molar-refractivity contribution in [3.63, 3.8) is 0 Å². The Balaban J connectivity index is 2.64. The summed E-state index contributed by atoms with van der Waals surface area (Å²) in [5.74, 6) is -1.28. The minimum absolute atomic E-state index is 0.0305. The van der Waals surface area contributed by atoms with Crippen LogP contribution in [0.25, 0.3) is 10.8 Å². The monoisotopic (exact) mass is 356 g/mol. The molecule has 0 spiro atoms. The molecular formula is C16H19F3N4O2. The van der Waals surface area contributed by atoms with Gasteiger partial charge in [-0.15, -0.1) is 0 Å². The smallest absolute Gasteiger partial charge is 0.416 e. The number of guanidine groups is 1. The predicted octanol–water partition coefficient (Wildman–Crippen LogP) is 2.36. The largest absolute Gasteiger partial charge is 0.494 e. The number of aromatic hydroxyl groups is 1. The summed E-state index contributed by atoms with van der Waals surface area (Å²) in [6, 6.07) is 3.03. The molecule has 0 fully saturated rings. The highest BCUT2D eigenvalue weighted by molar-refractivity contribution is 5.97. The highest BCUT2D eigenvalue weighted by Gasteiger charge is 2.31. The van der Waals surface area contributed by atoms with Crippen molar-refractivity contribution in [3.05, 3.63) is 29.5 Å². The maximum Gasteiger partial charge on any atom is 0.416 e. The summed E-state index contributed by atoms with van der Waals surface area (Å²) in [6.45, 7) is 4.09. The molecule has 0 bridgehead atoms. The average Bonchev–Trinajstić information content (AvgIpc) is 2.70. The number of fused-ring (bicyclic) bond motifs is 1. The summed E-state index contributed by atoms with van der Waals surface area (Å²) < 4.78 is 40.2. The molecule has 5 N–H and O–H groups in total. The van der Waals surface area contributed by atoms with Gasteiger partial charge in [-0.1, -0.05) is 19.9 Å². The number of carbonyl (C=O) groups excluding carboxylic acids is 1. The van der Waals surface area contributed by atoms with Crippen molar-refractivity contribution in [2.75, 3.05) is 0 Å². The zero-order chi connectivity index (χ0) is 18.9. The van der Waals surface area contributed by atoms with Crippen molar-refractivity contribution in [1.82, 2.24) is 4.57 Å². The average molecular weight is 356 g/mol. The number of amides is 1. The lowest BCUT2D eigenvalue weighted by Crippen LogP contribution is -2.25. The minimum atomic E-state index is -4.53. The van der Waals surface area contributed by atoms with Crippen LogP contribution in [0.4, 0.5) is 13.2 Å². The van der Waals surface area contributed by atoms with E-state index >= 15 is 0 Å². The van der Waals surface area contributed by atoms with Gasteiger partial charge in [0.25, 0.3) is 5.91 Å². The molecule has 0 aliphatic carbocycles. The second-order valence-corrected chi connectivity index (χ2v) is 6.14. The molecule has 6 nitrogen and oxygen atoms in total. The fourth-order valence-electron chi connectivity index (χ4n) is 2.66. The van der Waals surface area contributed by atoms with Crippen LogP contribution in [-0.2, 0) is 23.9 Å². The van der Waals surface area contributed by atoms with Crippen LogP contribution >= 0.6 is 0 Å². The standard InChI is InChI=1S/C16H19F3N4O2/c1-8(2)7-23-12(6-13(24)22-15(20)21)10-4-3-9(16(17,18)19)5-11(10)14(23)25/h3-5,8,25H,6-7H2,1-2H3,(H4,20,21,22,24). The van der Waals surface area contributed by atoms with Gasteiger partial charge in [0.15, 0.2) is 11.8 Å². The molecule has 1 amide bonds. The van der Waals surface area contributed by atoms with E-state index in [9.17, 15) is 23.1 Å². The number of nitrogens with two attached hydrogens (primary N) is 2. The Morgan fingerprint density at radius 3 is 2.44 bits per heavy atom. The van der Waals surface area contributed by atoms with Crippen molar-refractivity contribution < 1.29 is 23.1 Å². The first-order valence-corrected chi connectivity index (χ1v) is 7.54. The first-order chi connectivity index (χ1) is 11.5. The van der Waals surface area contributed by atoms with Crippen molar-refractivity contribution >= 4 is 22.6 Å². The maximum absolute atomic E-state index is 12.9. The molecule has 0 aliphatic heterocycles. The Morgan fingerprint density at radius 2 is 1.92 bits per heavy atom. The lowest BCUT2D eigenvalue weighted by Gasteiger charge is -2.12. The van der Waals surface area contributed by atoms with Gasteiger partial charge in [0, 0.05) is 23.0 Å². The van der Waals surface area contributed by atoms with E-state index in [1.165, 1.54) is 10.6 Å². The molecule has 0 unspecified atom stereocenters. The molecule has 0 saturated heterocycles. The number of aliphatic imine (C=N–C) groups is 1. The summed E-state index contributed by atoms with van der Waals surface area (Å²) in [5.41, 5.74) is 9.84. The van der Waals surface area contributed by atoms with Gasteiger partial charge in [-0.25, -0.2) is 0 Å². The van der Waals surface area contributed by atoms with Crippen molar-refractivity contribution in [3.8, 4) is 5.88 Å². The molecule has 25 heavy (non-hydrogen) atoms. The first kappa shape index (κ1) is 18.6. The Bertz CT molecular complexity index is 834. The second kappa shape index (κ2) is 6.66. The minimum Gasteiger partial charge on any atom is -0.494 e. The predicted molar refractivity (Wildman–Crippen MR) is 88.0 cm³/mol. The van der Waals surface area contributed by atoms with Crippen molar-refractivity contribution in [2.45, 2.75) is 33.0 Å². The van der Waals surface area contributed by atoms with E-state index in [2.05, 4.69) is 4.99 Å². The zero-order valence-corrected chi connectivity index (χ0v) is 13.8. The third kappa shape index (κ3) is 4.04. The lowest BCUT2D eigenvalue weighted by molar-refractivity contribution is -0.137. The number of aromatic nitrogens is 1. The number of carbonyl (C=O) groups is 1. The summed E-state index contributed by atoms with van der Waals surface area (Å²) in [4.78, 5) is 15.3. The summed E-state index contributed by atoms with van der Waals surface area (Å²) in [5, 5.41) is 10.8. The lowest BCUT2D eigenvalue weighted by atomic mass is 10.1. The van der Waals surface area contributed by atoms with Crippen LogP contribution < -0.4 is 11.5 Å². The second-order valence-electron chi connectivity index (χ2n) is 6.14. The van der Waals surface area contributed by atoms with Crippen LogP contribution in [-0.4, -0.2) is 21.5 Å². The molecule has 2 rings (SSSR count). The number of nitrogens with zero attached hydrogens (tertiary/aromatic N) is 2. The molecule has 0 saturated carbocycles. The molecule has 0 aliphatic rings. The third-order valence-electron chi connectivity index (χ3n) is 3.60. The summed E-state index contributed by atoms with van der Waals surface area (Å²) >= 11 is 0. The van der Waals surface area contributed by atoms with Gasteiger partial charge >= 0.3 is 6.18 Å². The molecule has 1 aromatic heterocycles. The molecule has 2 aromatic rings. The van der Waals surface area contributed by atoms with E-state index in [0.29, 0.717) is 17.6 Å². The number of hydrogen-bond donors (Lipinski definition) is 3. The van der Waals surface area contributed by atoms with Crippen molar-refractivity contribution in [1.29, 1.82) is 0 Å². The molecule has 136 valence electrons. The van der Waals surface area contributed by atoms with Crippen LogP contribution in [0.5, 0.6) is 5.88 Å². The Kier molecular flexibility index (Phi) is 4.96. The normalized spacial score (nSPS) is 11.9. The third-order valence-corrected chi connectivity index (χ3v) is 3.60. The Labute approximate surface area is 141 Å². The van der Waals surface area contributed by atoms with Crippen LogP contribution in [0, 0.1) is 5.92 Å². The van der Waals surface area contributed by atoms with Crippen LogP contribution in [0.2, 0.25) is 0 Å². The SMILES string of the molecule is CC(C)Cn1c(O)c2cc(C(F)(F)F)ccc2c1CC(=O)N=C(N)N. The topological polar surface area (TPSA) is 107 Å². The van der Waals surface area contributed by atoms with E-state index in [4.69, 9.17) is 11.5 Å². The van der Waals surface area contributed by atoms with E-state index in [0.717, 1.165) is 12.1 Å². The first-order valence-electron chi connectivity index (χ1n) is 7.54. The van der Waals surface area contributed by atoms with E-state index in [1.54, 1.807) is 0 Å². The quantitative estimate of drug-likeness (QED) is 0.577. The van der Waals surface area contributed by atoms with E-state index in [-0.39, 0.29) is 23.6 Å². The molecule has 0 atom stereocenters. The van der Waals surface area contributed by atoms with E-state index < -0.39 is 23.6 Å². The van der Waals surface area contributed by atoms with Gasteiger partial charge < -0.3 is 21.1 Å². The van der Waals surface area contributed by atoms with Crippen LogP contribution in [0.15, 0.2) is 23.2 Å². The van der Waals surface area contributed by atoms with Gasteiger partial charge in [0.2, 0.25) is 0 Å². The molecule has 1 aromatic carbocycles. The summed E-state index contributed by atoms with van der Waals surface area (Å²) in [7, 11) is 0. The number of rotatable bonds is 4.